The van der Waals surface area contributed by atoms with Crippen molar-refractivity contribution in [1.29, 1.82) is 0 Å². The summed E-state index contributed by atoms with van der Waals surface area (Å²) in [5.41, 5.74) is 0. The van der Waals surface area contributed by atoms with Gasteiger partial charge in [0.15, 0.2) is 12.6 Å². The van der Waals surface area contributed by atoms with E-state index in [1.165, 1.54) is 0 Å². The van der Waals surface area contributed by atoms with Crippen molar-refractivity contribution >= 4 is 0 Å². The lowest BCUT2D eigenvalue weighted by Gasteiger charge is -2.39. The van der Waals surface area contributed by atoms with Crippen molar-refractivity contribution in [3.63, 3.8) is 0 Å². The molecule has 0 aliphatic carbocycles. The van der Waals surface area contributed by atoms with Gasteiger partial charge in [-0.2, -0.15) is 0 Å². The highest BCUT2D eigenvalue weighted by molar-refractivity contribution is 4.89. The smallest absolute Gasteiger partial charge is 0.186 e. The fourth-order valence-corrected chi connectivity index (χ4v) is 3.18. The van der Waals surface area contributed by atoms with Crippen molar-refractivity contribution in [2.24, 2.45) is 0 Å². The van der Waals surface area contributed by atoms with Crippen LogP contribution in [-0.4, -0.2) is 155 Å². The topological polar surface area (TPSA) is 217 Å². The maximum atomic E-state index is 9.83. The van der Waals surface area contributed by atoms with E-state index < -0.39 is 74.6 Å². The van der Waals surface area contributed by atoms with E-state index in [1.807, 2.05) is 0 Å². The van der Waals surface area contributed by atoms with Crippen LogP contribution in [0.1, 0.15) is 0 Å². The molecule has 32 heavy (non-hydrogen) atoms. The molecule has 0 spiro atoms. The quantitative estimate of drug-likeness (QED) is 0.117. The van der Waals surface area contributed by atoms with Crippen molar-refractivity contribution in [3.8, 4) is 0 Å². The molecule has 0 bridgehead atoms. The largest absolute Gasteiger partial charge is 0.394 e. The molecular formula is C18H34O14. The third-order valence-corrected chi connectivity index (χ3v) is 5.09. The molecule has 8 N–H and O–H groups in total. The standard InChI is InChI=1S/C18H34O14/c19-7-9-11(21)13(23)15(25)17(31-9)29-5-3-27-1-2-28-4-6-30-18-16(26)14(24)12(22)10(8-20)32-18/h9-26H,1-8H2/t9?,10?,11-,12-,13+,14?,15?,16-,17+,18+/m1/s1. The van der Waals surface area contributed by atoms with Gasteiger partial charge in [-0.05, 0) is 0 Å². The van der Waals surface area contributed by atoms with E-state index in [0.29, 0.717) is 0 Å². The Bertz CT molecular complexity index is 464. The molecule has 0 aromatic rings. The maximum absolute atomic E-state index is 9.83. The van der Waals surface area contributed by atoms with Gasteiger partial charge >= 0.3 is 0 Å². The second kappa shape index (κ2) is 14.0. The van der Waals surface area contributed by atoms with E-state index >= 15 is 0 Å². The summed E-state index contributed by atoms with van der Waals surface area (Å²) in [7, 11) is 0. The predicted octanol–water partition coefficient (Wildman–Crippen LogP) is -5.35. The molecule has 2 saturated heterocycles. The maximum Gasteiger partial charge on any atom is 0.186 e. The first-order chi connectivity index (χ1) is 15.3. The van der Waals surface area contributed by atoms with E-state index in [2.05, 4.69) is 0 Å². The van der Waals surface area contributed by atoms with Gasteiger partial charge in [-0.25, -0.2) is 0 Å². The minimum absolute atomic E-state index is 0.0168. The molecule has 4 unspecified atom stereocenters. The van der Waals surface area contributed by atoms with Crippen LogP contribution in [0.4, 0.5) is 0 Å². The average Bonchev–Trinajstić information content (AvgIpc) is 2.79. The van der Waals surface area contributed by atoms with Crippen molar-refractivity contribution in [2.45, 2.75) is 61.4 Å². The Morgan fingerprint density at radius 1 is 0.469 bits per heavy atom. The summed E-state index contributed by atoms with van der Waals surface area (Å²) in [5.74, 6) is 0. The van der Waals surface area contributed by atoms with Gasteiger partial charge in [-0.3, -0.25) is 0 Å². The van der Waals surface area contributed by atoms with Gasteiger partial charge in [-0.1, -0.05) is 0 Å². The van der Waals surface area contributed by atoms with Gasteiger partial charge in [0.05, 0.1) is 52.9 Å². The summed E-state index contributed by atoms with van der Waals surface area (Å²) in [6.07, 6.45) is -13.4. The lowest BCUT2D eigenvalue weighted by Crippen LogP contribution is -2.59. The zero-order chi connectivity index (χ0) is 23.7. The minimum Gasteiger partial charge on any atom is -0.394 e. The molecule has 2 heterocycles. The second-order valence-corrected chi connectivity index (χ2v) is 7.36. The molecular weight excluding hydrogens is 440 g/mol. The molecule has 2 rings (SSSR count). The fraction of sp³-hybridized carbons (Fsp3) is 1.00. The van der Waals surface area contributed by atoms with E-state index in [0.717, 1.165) is 0 Å². The lowest BCUT2D eigenvalue weighted by molar-refractivity contribution is -0.303. The first-order valence-electron chi connectivity index (χ1n) is 10.3. The fourth-order valence-electron chi connectivity index (χ4n) is 3.18. The third-order valence-electron chi connectivity index (χ3n) is 5.09. The average molecular weight is 474 g/mol. The van der Waals surface area contributed by atoms with Crippen LogP contribution in [0, 0.1) is 0 Å². The molecule has 0 aromatic carbocycles. The molecule has 190 valence electrons. The van der Waals surface area contributed by atoms with Crippen LogP contribution in [0.25, 0.3) is 0 Å². The van der Waals surface area contributed by atoms with Crippen LogP contribution < -0.4 is 0 Å². The molecule has 0 aromatic heterocycles. The Hall–Kier alpha value is -0.560. The Morgan fingerprint density at radius 2 is 0.812 bits per heavy atom. The summed E-state index contributed by atoms with van der Waals surface area (Å²) in [6.45, 7) is -0.390. The molecule has 2 aliphatic heterocycles. The van der Waals surface area contributed by atoms with Gasteiger partial charge in [0.1, 0.15) is 48.8 Å². The van der Waals surface area contributed by atoms with Gasteiger partial charge in [0, 0.05) is 0 Å². The molecule has 0 saturated carbocycles. The number of rotatable bonds is 13. The highest BCUT2D eigenvalue weighted by Gasteiger charge is 2.44. The Morgan fingerprint density at radius 3 is 1.16 bits per heavy atom. The summed E-state index contributed by atoms with van der Waals surface area (Å²) >= 11 is 0. The first-order valence-corrected chi connectivity index (χ1v) is 10.3. The van der Waals surface area contributed by atoms with Crippen LogP contribution in [0.3, 0.4) is 0 Å². The number of aliphatic hydroxyl groups excluding tert-OH is 8. The predicted molar refractivity (Wildman–Crippen MR) is 101 cm³/mol. The second-order valence-electron chi connectivity index (χ2n) is 7.36. The van der Waals surface area contributed by atoms with Crippen molar-refractivity contribution in [2.75, 3.05) is 52.9 Å². The van der Waals surface area contributed by atoms with Gasteiger partial charge in [-0.15, -0.1) is 0 Å². The van der Waals surface area contributed by atoms with Crippen LogP contribution in [0.5, 0.6) is 0 Å². The van der Waals surface area contributed by atoms with Crippen molar-refractivity contribution in [3.05, 3.63) is 0 Å². The van der Waals surface area contributed by atoms with Gasteiger partial charge < -0.3 is 69.3 Å². The molecule has 2 fully saturated rings. The summed E-state index contributed by atoms with van der Waals surface area (Å²) in [5, 5.41) is 76.6. The lowest BCUT2D eigenvalue weighted by atomic mass is 9.99. The minimum atomic E-state index is -1.51. The SMILES string of the molecule is OCC1O[C@H](OCCOCCOCCO[C@H]2OC(CO)[C@@H](O)[C@H](O)C2O)[C@H](O)C(O)[C@@H]1O. The van der Waals surface area contributed by atoms with Gasteiger partial charge in [0.2, 0.25) is 0 Å². The Labute approximate surface area is 184 Å². The Kier molecular flexibility index (Phi) is 12.1. The van der Waals surface area contributed by atoms with E-state index in [4.69, 9.17) is 38.6 Å². The van der Waals surface area contributed by atoms with Crippen LogP contribution in [0.15, 0.2) is 0 Å². The zero-order valence-electron chi connectivity index (χ0n) is 17.5. The van der Waals surface area contributed by atoms with E-state index in [1.54, 1.807) is 0 Å². The normalized spacial score (nSPS) is 40.5. The molecule has 10 atom stereocenters. The van der Waals surface area contributed by atoms with Gasteiger partial charge in [0.25, 0.3) is 0 Å². The first kappa shape index (κ1) is 27.7. The van der Waals surface area contributed by atoms with E-state index in [-0.39, 0.29) is 39.6 Å². The monoisotopic (exact) mass is 474 g/mol. The number of aliphatic hydroxyl groups is 8. The van der Waals surface area contributed by atoms with Crippen molar-refractivity contribution < 1.29 is 69.3 Å². The zero-order valence-corrected chi connectivity index (χ0v) is 17.5. The van der Waals surface area contributed by atoms with Crippen LogP contribution in [-0.2, 0) is 28.4 Å². The Balaban J connectivity index is 1.50. The highest BCUT2D eigenvalue weighted by atomic mass is 16.7. The van der Waals surface area contributed by atoms with Crippen molar-refractivity contribution in [1.82, 2.24) is 0 Å². The van der Waals surface area contributed by atoms with Crippen LogP contribution in [0.2, 0.25) is 0 Å². The van der Waals surface area contributed by atoms with E-state index in [9.17, 15) is 30.6 Å². The van der Waals surface area contributed by atoms with Crippen LogP contribution >= 0.6 is 0 Å². The summed E-state index contributed by atoms with van der Waals surface area (Å²) in [4.78, 5) is 0. The summed E-state index contributed by atoms with van der Waals surface area (Å²) in [6, 6.07) is 0. The number of hydrogen-bond donors (Lipinski definition) is 8. The molecule has 14 heteroatoms. The molecule has 0 radical (unpaired) electrons. The summed E-state index contributed by atoms with van der Waals surface area (Å²) < 4.78 is 31.5. The molecule has 2 aliphatic rings. The highest BCUT2D eigenvalue weighted by Crippen LogP contribution is 2.22. The molecule has 0 amide bonds. The number of hydrogen-bond acceptors (Lipinski definition) is 14. The number of ether oxygens (including phenoxy) is 6. The third kappa shape index (κ3) is 7.48. The molecule has 14 nitrogen and oxygen atoms in total.